The lowest BCUT2D eigenvalue weighted by atomic mass is 10.3. The number of methoxy groups -OCH3 is 1. The van der Waals surface area contributed by atoms with Crippen LogP contribution in [0.1, 0.15) is 18.9 Å². The minimum atomic E-state index is -0.307. The van der Waals surface area contributed by atoms with Crippen molar-refractivity contribution in [1.29, 1.82) is 0 Å². The van der Waals surface area contributed by atoms with Crippen LogP contribution >= 0.6 is 23.4 Å². The maximum Gasteiger partial charge on any atom is 0.234 e. The third kappa shape index (κ3) is 5.65. The number of amides is 1. The Morgan fingerprint density at radius 2 is 1.79 bits per heavy atom. The van der Waals surface area contributed by atoms with Gasteiger partial charge in [-0.2, -0.15) is 0 Å². The van der Waals surface area contributed by atoms with E-state index in [1.807, 2.05) is 42.8 Å². The highest BCUT2D eigenvalue weighted by Crippen LogP contribution is 2.25. The van der Waals surface area contributed by atoms with Crippen molar-refractivity contribution in [3.8, 4) is 11.5 Å². The molecular formula is C20H21ClN4O3S. The standard InChI is InChI=1S/C20H21ClN4O3S/c1-13(28-17-10-8-16(27-3)9-11-17)19-23-24-20(25(19)2)29-12-18(26)22-15-6-4-14(21)5-7-15/h4-11,13H,12H2,1-3H3,(H,22,26). The molecule has 0 radical (unpaired) electrons. The van der Waals surface area contributed by atoms with Gasteiger partial charge in [-0.15, -0.1) is 10.2 Å². The molecule has 0 saturated carbocycles. The minimum absolute atomic E-state index is 0.135. The van der Waals surface area contributed by atoms with Crippen LogP contribution in [0.4, 0.5) is 5.69 Å². The van der Waals surface area contributed by atoms with Crippen molar-refractivity contribution in [2.45, 2.75) is 18.2 Å². The summed E-state index contributed by atoms with van der Waals surface area (Å²) in [5.74, 6) is 2.21. The van der Waals surface area contributed by atoms with Crippen LogP contribution in [0.15, 0.2) is 53.7 Å². The van der Waals surface area contributed by atoms with Gasteiger partial charge in [0.2, 0.25) is 5.91 Å². The number of hydrogen-bond donors (Lipinski definition) is 1. The van der Waals surface area contributed by atoms with Crippen molar-refractivity contribution in [3.63, 3.8) is 0 Å². The first-order valence-corrected chi connectivity index (χ1v) is 10.2. The number of ether oxygens (including phenoxy) is 2. The van der Waals surface area contributed by atoms with Gasteiger partial charge in [0.05, 0.1) is 12.9 Å². The van der Waals surface area contributed by atoms with Gasteiger partial charge in [0.25, 0.3) is 0 Å². The Kier molecular flexibility index (Phi) is 7.00. The lowest BCUT2D eigenvalue weighted by molar-refractivity contribution is -0.113. The van der Waals surface area contributed by atoms with E-state index in [0.29, 0.717) is 27.4 Å². The molecule has 1 amide bonds. The maximum absolute atomic E-state index is 12.2. The number of halogens is 1. The summed E-state index contributed by atoms with van der Waals surface area (Å²) >= 11 is 7.15. The number of nitrogens with one attached hydrogen (secondary N) is 1. The van der Waals surface area contributed by atoms with Gasteiger partial charge < -0.3 is 19.4 Å². The summed E-state index contributed by atoms with van der Waals surface area (Å²) in [6.45, 7) is 1.90. The van der Waals surface area contributed by atoms with E-state index in [0.717, 1.165) is 5.75 Å². The second-order valence-corrected chi connectivity index (χ2v) is 7.56. The molecule has 0 saturated heterocycles. The molecule has 3 aromatic rings. The van der Waals surface area contributed by atoms with Gasteiger partial charge >= 0.3 is 0 Å². The molecule has 1 atom stereocenters. The molecule has 0 spiro atoms. The van der Waals surface area contributed by atoms with Crippen molar-refractivity contribution < 1.29 is 14.3 Å². The summed E-state index contributed by atoms with van der Waals surface area (Å²) in [5.41, 5.74) is 0.695. The van der Waals surface area contributed by atoms with Crippen molar-refractivity contribution >= 4 is 35.0 Å². The fourth-order valence-corrected chi connectivity index (χ4v) is 3.42. The van der Waals surface area contributed by atoms with Crippen LogP contribution in [0.25, 0.3) is 0 Å². The zero-order valence-electron chi connectivity index (χ0n) is 16.3. The number of anilines is 1. The largest absolute Gasteiger partial charge is 0.497 e. The summed E-state index contributed by atoms with van der Waals surface area (Å²) in [6.07, 6.45) is -0.307. The van der Waals surface area contributed by atoms with Gasteiger partial charge in [0.1, 0.15) is 11.5 Å². The Labute approximate surface area is 178 Å². The quantitative estimate of drug-likeness (QED) is 0.533. The summed E-state index contributed by atoms with van der Waals surface area (Å²) in [5, 5.41) is 12.5. The number of carbonyl (C=O) groups is 1. The highest BCUT2D eigenvalue weighted by atomic mass is 35.5. The van der Waals surface area contributed by atoms with Crippen LogP contribution < -0.4 is 14.8 Å². The normalized spacial score (nSPS) is 11.7. The molecule has 3 rings (SSSR count). The highest BCUT2D eigenvalue weighted by molar-refractivity contribution is 7.99. The van der Waals surface area contributed by atoms with E-state index in [-0.39, 0.29) is 17.8 Å². The minimum Gasteiger partial charge on any atom is -0.497 e. The van der Waals surface area contributed by atoms with E-state index in [9.17, 15) is 4.79 Å². The zero-order chi connectivity index (χ0) is 20.8. The lowest BCUT2D eigenvalue weighted by Crippen LogP contribution is -2.14. The Balaban J connectivity index is 1.56. The molecule has 29 heavy (non-hydrogen) atoms. The molecule has 0 aliphatic rings. The molecule has 0 fully saturated rings. The van der Waals surface area contributed by atoms with Gasteiger partial charge in [0.15, 0.2) is 17.1 Å². The molecule has 0 bridgehead atoms. The highest BCUT2D eigenvalue weighted by Gasteiger charge is 2.18. The molecule has 1 unspecified atom stereocenters. The number of benzene rings is 2. The number of hydrogen-bond acceptors (Lipinski definition) is 6. The van der Waals surface area contributed by atoms with Crippen LogP contribution in [0.5, 0.6) is 11.5 Å². The Morgan fingerprint density at radius 1 is 1.14 bits per heavy atom. The zero-order valence-corrected chi connectivity index (χ0v) is 17.8. The fraction of sp³-hybridized carbons (Fsp3) is 0.250. The molecule has 1 heterocycles. The van der Waals surface area contributed by atoms with Crippen molar-refractivity contribution in [2.24, 2.45) is 7.05 Å². The number of nitrogens with zero attached hydrogens (tertiary/aromatic N) is 3. The van der Waals surface area contributed by atoms with Crippen molar-refractivity contribution in [1.82, 2.24) is 14.8 Å². The van der Waals surface area contributed by atoms with Crippen LogP contribution in [0, 0.1) is 0 Å². The summed E-state index contributed by atoms with van der Waals surface area (Å²) < 4.78 is 12.9. The van der Waals surface area contributed by atoms with Gasteiger partial charge in [-0.3, -0.25) is 4.79 Å². The van der Waals surface area contributed by atoms with E-state index in [4.69, 9.17) is 21.1 Å². The smallest absolute Gasteiger partial charge is 0.234 e. The van der Waals surface area contributed by atoms with Gasteiger partial charge in [-0.05, 0) is 55.5 Å². The molecule has 152 valence electrons. The summed E-state index contributed by atoms with van der Waals surface area (Å²) in [4.78, 5) is 12.2. The average Bonchev–Trinajstić information content (AvgIpc) is 3.09. The van der Waals surface area contributed by atoms with E-state index < -0.39 is 0 Å². The SMILES string of the molecule is COc1ccc(OC(C)c2nnc(SCC(=O)Nc3ccc(Cl)cc3)n2C)cc1. The first-order chi connectivity index (χ1) is 14.0. The Bertz CT molecular complexity index is 961. The first kappa shape index (κ1) is 21.0. The average molecular weight is 433 g/mol. The monoisotopic (exact) mass is 432 g/mol. The lowest BCUT2D eigenvalue weighted by Gasteiger charge is -2.14. The number of carbonyl (C=O) groups excluding carboxylic acids is 1. The molecular weight excluding hydrogens is 412 g/mol. The third-order valence-corrected chi connectivity index (χ3v) is 5.34. The van der Waals surface area contributed by atoms with Crippen molar-refractivity contribution in [2.75, 3.05) is 18.2 Å². The number of aromatic nitrogens is 3. The molecule has 0 aliphatic heterocycles. The molecule has 1 aromatic heterocycles. The molecule has 2 aromatic carbocycles. The summed E-state index contributed by atoms with van der Waals surface area (Å²) in [7, 11) is 3.47. The first-order valence-electron chi connectivity index (χ1n) is 8.84. The topological polar surface area (TPSA) is 78.3 Å². The Hall–Kier alpha value is -2.71. The predicted octanol–water partition coefficient (Wildman–Crippen LogP) is 4.35. The predicted molar refractivity (Wildman–Crippen MR) is 114 cm³/mol. The molecule has 9 heteroatoms. The van der Waals surface area contributed by atoms with Crippen LogP contribution in [0.2, 0.25) is 5.02 Å². The van der Waals surface area contributed by atoms with Crippen LogP contribution in [-0.4, -0.2) is 33.5 Å². The number of thioether (sulfide) groups is 1. The van der Waals surface area contributed by atoms with E-state index in [2.05, 4.69) is 15.5 Å². The fourth-order valence-electron chi connectivity index (χ4n) is 2.58. The summed E-state index contributed by atoms with van der Waals surface area (Å²) in [6, 6.07) is 14.3. The van der Waals surface area contributed by atoms with Gasteiger partial charge in [-0.25, -0.2) is 0 Å². The molecule has 0 aliphatic carbocycles. The van der Waals surface area contributed by atoms with E-state index in [1.165, 1.54) is 11.8 Å². The van der Waals surface area contributed by atoms with Crippen LogP contribution in [0.3, 0.4) is 0 Å². The van der Waals surface area contributed by atoms with Crippen LogP contribution in [-0.2, 0) is 11.8 Å². The van der Waals surface area contributed by atoms with Crippen molar-refractivity contribution in [3.05, 3.63) is 59.4 Å². The van der Waals surface area contributed by atoms with Gasteiger partial charge in [0, 0.05) is 17.8 Å². The van der Waals surface area contributed by atoms with E-state index >= 15 is 0 Å². The Morgan fingerprint density at radius 3 is 2.45 bits per heavy atom. The maximum atomic E-state index is 12.2. The second kappa shape index (κ2) is 9.67. The molecule has 7 nitrogen and oxygen atoms in total. The van der Waals surface area contributed by atoms with E-state index in [1.54, 1.807) is 31.4 Å². The third-order valence-electron chi connectivity index (χ3n) is 4.06. The molecule has 1 N–H and O–H groups in total. The second-order valence-electron chi connectivity index (χ2n) is 6.18. The number of rotatable bonds is 8. The van der Waals surface area contributed by atoms with Gasteiger partial charge in [-0.1, -0.05) is 23.4 Å².